The lowest BCUT2D eigenvalue weighted by Crippen LogP contribution is -2.50. The van der Waals surface area contributed by atoms with Crippen LogP contribution < -0.4 is 10.6 Å². The number of aliphatic hydroxyl groups excluding tert-OH is 1. The number of hydrogen-bond donors (Lipinski definition) is 2. The van der Waals surface area contributed by atoms with Gasteiger partial charge in [-0.15, -0.1) is 0 Å². The maximum Gasteiger partial charge on any atom is 0.225 e. The van der Waals surface area contributed by atoms with E-state index in [1.807, 2.05) is 4.90 Å². The third-order valence-corrected chi connectivity index (χ3v) is 4.35. The minimum absolute atomic E-state index is 0.121. The number of carbonyl (C=O) groups is 1. The van der Waals surface area contributed by atoms with E-state index in [4.69, 9.17) is 5.73 Å². The van der Waals surface area contributed by atoms with Crippen LogP contribution in [0.15, 0.2) is 18.5 Å². The highest BCUT2D eigenvalue weighted by Gasteiger charge is 2.37. The number of aliphatic hydroxyl groups is 1. The summed E-state index contributed by atoms with van der Waals surface area (Å²) < 4.78 is 0. The smallest absolute Gasteiger partial charge is 0.225 e. The molecule has 1 aliphatic carbocycles. The van der Waals surface area contributed by atoms with Gasteiger partial charge in [0.05, 0.1) is 6.10 Å². The molecule has 1 aliphatic heterocycles. The fourth-order valence-corrected chi connectivity index (χ4v) is 3.09. The summed E-state index contributed by atoms with van der Waals surface area (Å²) in [7, 11) is 0. The van der Waals surface area contributed by atoms with Gasteiger partial charge in [-0.3, -0.25) is 4.79 Å². The molecule has 3 rings (SSSR count). The highest BCUT2D eigenvalue weighted by Crippen LogP contribution is 2.27. The lowest BCUT2D eigenvalue weighted by atomic mass is 10.1. The summed E-state index contributed by atoms with van der Waals surface area (Å²) in [6, 6.07) is 1.52. The molecule has 3 atom stereocenters. The van der Waals surface area contributed by atoms with Gasteiger partial charge in [-0.2, -0.15) is 0 Å². The van der Waals surface area contributed by atoms with Crippen molar-refractivity contribution < 1.29 is 9.90 Å². The Morgan fingerprint density at radius 2 is 1.86 bits per heavy atom. The summed E-state index contributed by atoms with van der Waals surface area (Å²) in [5.74, 6) is 0.702. The first-order chi connectivity index (χ1) is 10.1. The second-order valence-electron chi connectivity index (χ2n) is 5.76. The molecule has 3 N–H and O–H groups in total. The van der Waals surface area contributed by atoms with Crippen molar-refractivity contribution in [2.45, 2.75) is 25.0 Å². The van der Waals surface area contributed by atoms with Gasteiger partial charge in [0.15, 0.2) is 0 Å². The van der Waals surface area contributed by atoms with Crippen molar-refractivity contribution in [3.05, 3.63) is 18.5 Å². The summed E-state index contributed by atoms with van der Waals surface area (Å²) in [4.78, 5) is 24.9. The summed E-state index contributed by atoms with van der Waals surface area (Å²) in [6.07, 6.45) is 3.98. The Balaban J connectivity index is 1.55. The highest BCUT2D eigenvalue weighted by atomic mass is 16.3. The van der Waals surface area contributed by atoms with E-state index >= 15 is 0 Å². The Morgan fingerprint density at radius 3 is 2.43 bits per heavy atom. The van der Waals surface area contributed by atoms with E-state index in [-0.39, 0.29) is 17.9 Å². The summed E-state index contributed by atoms with van der Waals surface area (Å²) in [5, 5.41) is 9.69. The van der Waals surface area contributed by atoms with Crippen LogP contribution in [-0.2, 0) is 4.79 Å². The molecular formula is C14H21N5O2. The van der Waals surface area contributed by atoms with Crippen molar-refractivity contribution in [3.8, 4) is 0 Å². The zero-order chi connectivity index (χ0) is 14.8. The number of anilines is 1. The van der Waals surface area contributed by atoms with Crippen molar-refractivity contribution >= 4 is 11.9 Å². The predicted molar refractivity (Wildman–Crippen MR) is 77.5 cm³/mol. The van der Waals surface area contributed by atoms with Crippen LogP contribution in [0.5, 0.6) is 0 Å². The maximum atomic E-state index is 12.4. The normalized spacial score (nSPS) is 29.7. The number of aromatic nitrogens is 2. The number of rotatable bonds is 2. The molecule has 0 unspecified atom stereocenters. The lowest BCUT2D eigenvalue weighted by Gasteiger charge is -2.35. The van der Waals surface area contributed by atoms with Crippen molar-refractivity contribution in [1.82, 2.24) is 14.9 Å². The Labute approximate surface area is 123 Å². The van der Waals surface area contributed by atoms with Gasteiger partial charge in [0.2, 0.25) is 11.9 Å². The number of carbonyl (C=O) groups excluding carboxylic acids is 1. The molecule has 0 aromatic carbocycles. The van der Waals surface area contributed by atoms with Crippen molar-refractivity contribution in [1.29, 1.82) is 0 Å². The topological polar surface area (TPSA) is 95.6 Å². The van der Waals surface area contributed by atoms with Gasteiger partial charge in [-0.25, -0.2) is 9.97 Å². The highest BCUT2D eigenvalue weighted by molar-refractivity contribution is 5.79. The third kappa shape index (κ3) is 2.98. The number of hydrogen-bond acceptors (Lipinski definition) is 6. The second-order valence-corrected chi connectivity index (χ2v) is 5.76. The maximum absolute atomic E-state index is 12.4. The van der Waals surface area contributed by atoms with Gasteiger partial charge in [-0.1, -0.05) is 0 Å². The Morgan fingerprint density at radius 1 is 1.19 bits per heavy atom. The first kappa shape index (κ1) is 14.2. The Kier molecular flexibility index (Phi) is 4.03. The lowest BCUT2D eigenvalue weighted by molar-refractivity contribution is -0.135. The van der Waals surface area contributed by atoms with E-state index < -0.39 is 6.10 Å². The fourth-order valence-electron chi connectivity index (χ4n) is 3.09. The fraction of sp³-hybridized carbons (Fsp3) is 0.643. The largest absolute Gasteiger partial charge is 0.391 e. The van der Waals surface area contributed by atoms with Crippen LogP contribution in [0, 0.1) is 5.92 Å². The van der Waals surface area contributed by atoms with E-state index in [1.165, 1.54) is 0 Å². The Bertz CT molecular complexity index is 479. The number of piperazine rings is 1. The van der Waals surface area contributed by atoms with E-state index in [0.29, 0.717) is 31.9 Å². The molecule has 21 heavy (non-hydrogen) atoms. The number of nitrogens with zero attached hydrogens (tertiary/aromatic N) is 4. The van der Waals surface area contributed by atoms with E-state index in [1.54, 1.807) is 18.5 Å². The van der Waals surface area contributed by atoms with E-state index in [0.717, 1.165) is 13.1 Å². The van der Waals surface area contributed by atoms with Crippen LogP contribution in [0.2, 0.25) is 0 Å². The van der Waals surface area contributed by atoms with E-state index in [9.17, 15) is 9.90 Å². The minimum atomic E-state index is -0.544. The van der Waals surface area contributed by atoms with Crippen LogP contribution in [0.1, 0.15) is 12.8 Å². The molecule has 2 heterocycles. The molecule has 1 aromatic rings. The molecule has 1 amide bonds. The molecule has 7 heteroatoms. The van der Waals surface area contributed by atoms with Crippen LogP contribution in [0.3, 0.4) is 0 Å². The molecule has 1 saturated heterocycles. The summed E-state index contributed by atoms with van der Waals surface area (Å²) in [5.41, 5.74) is 5.79. The van der Waals surface area contributed by atoms with Crippen LogP contribution in [0.25, 0.3) is 0 Å². The zero-order valence-corrected chi connectivity index (χ0v) is 11.9. The van der Waals surface area contributed by atoms with Crippen LogP contribution >= 0.6 is 0 Å². The molecule has 1 saturated carbocycles. The zero-order valence-electron chi connectivity index (χ0n) is 11.9. The molecule has 114 valence electrons. The summed E-state index contributed by atoms with van der Waals surface area (Å²) >= 11 is 0. The average molecular weight is 291 g/mol. The SMILES string of the molecule is N[C@@H]1C[C@H](C(=O)N2CCN(c3ncccn3)CC2)C[C@H]1O. The molecule has 2 fully saturated rings. The third-order valence-electron chi connectivity index (χ3n) is 4.35. The van der Waals surface area contributed by atoms with Gasteiger partial charge >= 0.3 is 0 Å². The first-order valence-electron chi connectivity index (χ1n) is 7.39. The van der Waals surface area contributed by atoms with Gasteiger partial charge in [-0.05, 0) is 18.9 Å². The minimum Gasteiger partial charge on any atom is -0.391 e. The quantitative estimate of drug-likeness (QED) is 0.742. The van der Waals surface area contributed by atoms with Gasteiger partial charge in [0.25, 0.3) is 0 Å². The van der Waals surface area contributed by atoms with Crippen LogP contribution in [-0.4, -0.2) is 64.2 Å². The molecular weight excluding hydrogens is 270 g/mol. The molecule has 7 nitrogen and oxygen atoms in total. The standard InChI is InChI=1S/C14H21N5O2/c15-11-8-10(9-12(11)20)13(21)18-4-6-19(7-5-18)14-16-2-1-3-17-14/h1-3,10-12,20H,4-9,15H2/t10-,11+,12+/m0/s1. The first-order valence-corrected chi connectivity index (χ1v) is 7.39. The van der Waals surface area contributed by atoms with Gasteiger partial charge in [0, 0.05) is 50.5 Å². The van der Waals surface area contributed by atoms with Crippen molar-refractivity contribution in [2.75, 3.05) is 31.1 Å². The molecule has 0 bridgehead atoms. The van der Waals surface area contributed by atoms with Crippen molar-refractivity contribution in [2.24, 2.45) is 11.7 Å². The Hall–Kier alpha value is -1.73. The molecule has 2 aliphatic rings. The molecule has 1 aromatic heterocycles. The van der Waals surface area contributed by atoms with Gasteiger partial charge < -0.3 is 20.6 Å². The van der Waals surface area contributed by atoms with E-state index in [2.05, 4.69) is 14.9 Å². The van der Waals surface area contributed by atoms with Gasteiger partial charge in [0.1, 0.15) is 0 Å². The molecule has 0 radical (unpaired) electrons. The number of amides is 1. The monoisotopic (exact) mass is 291 g/mol. The van der Waals surface area contributed by atoms with Crippen LogP contribution in [0.4, 0.5) is 5.95 Å². The summed E-state index contributed by atoms with van der Waals surface area (Å²) in [6.45, 7) is 2.80. The second kappa shape index (κ2) is 5.95. The molecule has 0 spiro atoms. The van der Waals surface area contributed by atoms with Crippen molar-refractivity contribution in [3.63, 3.8) is 0 Å². The number of nitrogens with two attached hydrogens (primary N) is 1. The average Bonchev–Trinajstić information content (AvgIpc) is 2.87. The predicted octanol–water partition coefficient (Wildman–Crippen LogP) is -0.777.